The summed E-state index contributed by atoms with van der Waals surface area (Å²) in [6, 6.07) is 120. The zero-order valence-electron chi connectivity index (χ0n) is 61.6. The minimum absolute atomic E-state index is 0.894. The summed E-state index contributed by atoms with van der Waals surface area (Å²) in [5.41, 5.74) is 28.8. The first-order valence-corrected chi connectivity index (χ1v) is 39.2. The molecule has 116 heavy (non-hydrogen) atoms. The van der Waals surface area contributed by atoms with Gasteiger partial charge in [-0.05, 0) is 170 Å². The topological polar surface area (TPSA) is 117 Å². The first-order valence-electron chi connectivity index (χ1n) is 39.2. The molecule has 0 radical (unpaired) electrons. The Hall–Kier alpha value is -15.9. The average Bonchev–Trinajstić information content (AvgIpc) is 1.54. The van der Waals surface area contributed by atoms with Gasteiger partial charge >= 0.3 is 0 Å². The number of benzene rings is 17. The van der Waals surface area contributed by atoms with E-state index >= 15 is 0 Å². The second-order valence-corrected chi connectivity index (χ2v) is 30.9. The number of aromatic nitrogens is 8. The summed E-state index contributed by atoms with van der Waals surface area (Å²) < 4.78 is 26.4. The van der Waals surface area contributed by atoms with Crippen LogP contribution in [0.1, 0.15) is 0 Å². The summed E-state index contributed by atoms with van der Waals surface area (Å²) in [5.74, 6) is 0. The molecule has 0 N–H and O–H groups in total. The van der Waals surface area contributed by atoms with Crippen LogP contribution in [0.4, 0.5) is 0 Å². The van der Waals surface area contributed by atoms with E-state index in [0.717, 1.165) is 171 Å². The number of fused-ring (bicyclic) bond motifs is 32. The molecular weight excluding hydrogens is 1420 g/mol. The summed E-state index contributed by atoms with van der Waals surface area (Å²) >= 11 is 0. The van der Waals surface area contributed by atoms with Crippen molar-refractivity contribution in [1.29, 1.82) is 0 Å². The Morgan fingerprint density at radius 1 is 0.181 bits per heavy atom. The van der Waals surface area contributed by atoms with E-state index in [0.29, 0.717) is 0 Å². The molecule has 0 saturated carbocycles. The number of hydrogen-bond donors (Lipinski definition) is 0. The van der Waals surface area contributed by atoms with Gasteiger partial charge in [-0.1, -0.05) is 224 Å². The summed E-state index contributed by atoms with van der Waals surface area (Å²) in [5, 5.41) is 24.7. The maximum Gasteiger partial charge on any atom is 0.165 e. The lowest BCUT2D eigenvalue weighted by atomic mass is 9.97. The molecule has 0 saturated heterocycles. The highest BCUT2D eigenvalue weighted by Gasteiger charge is 2.26. The lowest BCUT2D eigenvalue weighted by Gasteiger charge is -2.06. The van der Waals surface area contributed by atoms with Crippen LogP contribution in [0.3, 0.4) is 0 Å². The van der Waals surface area contributed by atoms with Gasteiger partial charge in [0.15, 0.2) is 11.3 Å². The van der Waals surface area contributed by atoms with Crippen molar-refractivity contribution in [2.75, 3.05) is 0 Å². The largest absolute Gasteiger partial charge is 0.456 e. The molecule has 0 amide bonds. The maximum absolute atomic E-state index is 6.53. The van der Waals surface area contributed by atoms with Gasteiger partial charge in [-0.2, -0.15) is 0 Å². The third-order valence-electron chi connectivity index (χ3n) is 24.7. The molecule has 0 aliphatic rings. The smallest absolute Gasteiger partial charge is 0.165 e. The predicted molar refractivity (Wildman–Crippen MR) is 478 cm³/mol. The van der Waals surface area contributed by atoms with Crippen LogP contribution in [0.2, 0.25) is 0 Å². The molecule has 0 unspecified atom stereocenters. The Bertz CT molecular complexity index is 9320. The molecule has 534 valence electrons. The molecule has 0 bridgehead atoms. The van der Waals surface area contributed by atoms with E-state index in [-0.39, 0.29) is 0 Å². The number of para-hydroxylation sites is 8. The van der Waals surface area contributed by atoms with Gasteiger partial charge in [0.25, 0.3) is 0 Å². The third kappa shape index (κ3) is 8.66. The minimum atomic E-state index is 0.894. The molecule has 0 aliphatic heterocycles. The summed E-state index contributed by atoms with van der Waals surface area (Å²) in [4.78, 5) is 25.4. The first-order chi connectivity index (χ1) is 57.4. The maximum atomic E-state index is 6.53. The van der Waals surface area contributed by atoms with Gasteiger partial charge in [-0.3, -0.25) is 13.2 Å². The van der Waals surface area contributed by atoms with Crippen LogP contribution < -0.4 is 0 Å². The SMILES string of the molecule is c1ccc(-c2ccc3c(c2)oc2cc4c5cccc6c7nc8ccccc8nc7n(c4cc23)c56)cc1.c1ccc2c(-c3ccc4c(c3)oc3cc5c6cccc7c8nc9ccccc9nc8n(c5cc34)c67)cccc2c1.c1ccc2cc(-c3ccc4c(c3)oc3cc5c6cccc7c8cc9ccccc9nc8n(c5cc34)c67)ccc2c1. The lowest BCUT2D eigenvalue weighted by molar-refractivity contribution is 0.669. The van der Waals surface area contributed by atoms with Gasteiger partial charge in [0.2, 0.25) is 0 Å². The summed E-state index contributed by atoms with van der Waals surface area (Å²) in [6.45, 7) is 0. The molecule has 0 atom stereocenters. The van der Waals surface area contributed by atoms with E-state index in [1.165, 1.54) is 97.7 Å². The molecule has 0 spiro atoms. The highest BCUT2D eigenvalue weighted by Crippen LogP contribution is 2.48. The van der Waals surface area contributed by atoms with E-state index in [9.17, 15) is 0 Å². The highest BCUT2D eigenvalue weighted by molar-refractivity contribution is 6.29. The zero-order chi connectivity index (χ0) is 75.3. The van der Waals surface area contributed by atoms with Crippen molar-refractivity contribution in [2.24, 2.45) is 0 Å². The van der Waals surface area contributed by atoms with E-state index in [1.807, 2.05) is 54.6 Å². The highest BCUT2D eigenvalue weighted by atomic mass is 16.3. The second-order valence-electron chi connectivity index (χ2n) is 30.9. The number of nitrogens with zero attached hydrogens (tertiary/aromatic N) is 8. The zero-order valence-corrected chi connectivity index (χ0v) is 61.6. The molecule has 0 fully saturated rings. The molecule has 11 heteroatoms. The predicted octanol–water partition coefficient (Wildman–Crippen LogP) is 28.0. The van der Waals surface area contributed by atoms with Crippen LogP contribution in [-0.2, 0) is 0 Å². The Balaban J connectivity index is 0.0000000933. The monoisotopic (exact) mass is 1480 g/mol. The molecule has 17 aromatic carbocycles. The fraction of sp³-hybridized carbons (Fsp3) is 0. The van der Waals surface area contributed by atoms with E-state index in [1.54, 1.807) is 0 Å². The minimum Gasteiger partial charge on any atom is -0.456 e. The van der Waals surface area contributed by atoms with E-state index in [4.69, 9.17) is 38.2 Å². The fourth-order valence-electron chi connectivity index (χ4n) is 19.4. The van der Waals surface area contributed by atoms with Crippen molar-refractivity contribution < 1.29 is 13.3 Å². The Morgan fingerprint density at radius 2 is 0.552 bits per heavy atom. The van der Waals surface area contributed by atoms with Crippen LogP contribution in [0, 0.1) is 0 Å². The van der Waals surface area contributed by atoms with Gasteiger partial charge in [-0.15, -0.1) is 0 Å². The number of pyridine rings is 1. The van der Waals surface area contributed by atoms with Crippen molar-refractivity contribution in [3.63, 3.8) is 0 Å². The average molecular weight is 1480 g/mol. The lowest BCUT2D eigenvalue weighted by Crippen LogP contribution is -1.88. The van der Waals surface area contributed by atoms with Crippen LogP contribution in [0.25, 0.3) is 269 Å². The molecular formula is C105H56N8O3. The van der Waals surface area contributed by atoms with Gasteiger partial charge < -0.3 is 13.3 Å². The summed E-state index contributed by atoms with van der Waals surface area (Å²) in [7, 11) is 0. The number of furan rings is 3. The number of hydrogen-bond acceptors (Lipinski definition) is 8. The Kier molecular flexibility index (Phi) is 12.2. The standard InChI is InChI=1S/C37H20N2O.C36H19N3O.C32H17N3O/c1-2-7-22-16-23(13-12-21(22)6-1)24-14-15-26-30-19-33-29(20-35(30)40-34(26)18-24)27-9-5-10-28-31-17-25-8-3-4-11-32(25)38-37(31)39(33)36(27)28;1-2-9-22-20(7-1)8-5-10-23(22)21-15-16-24-28-18-31-27(19-33(28)40-32(24)17-21)25-11-6-12-26-34-36(39(31)35(25)26)38-30-14-4-3-13-29(30)37-34;1-2-7-18(8-3-1)19-13-14-20-24-16-27-23(17-29(24)36-28(20)15-19)21-9-6-10-22-30-32(35(27)31(21)22)34-26-12-5-4-11-25(26)33-30/h1-20H;1-19H;1-17H. The van der Waals surface area contributed by atoms with E-state index in [2.05, 4.69) is 298 Å². The van der Waals surface area contributed by atoms with Gasteiger partial charge in [0.05, 0.1) is 60.7 Å². The first kappa shape index (κ1) is 61.9. The normalized spacial score (nSPS) is 12.5. The van der Waals surface area contributed by atoms with Crippen molar-refractivity contribution in [3.05, 3.63) is 340 Å². The fourth-order valence-corrected chi connectivity index (χ4v) is 19.4. The Labute approximate surface area is 655 Å². The van der Waals surface area contributed by atoms with Crippen molar-refractivity contribution in [2.45, 2.75) is 0 Å². The van der Waals surface area contributed by atoms with Gasteiger partial charge in [0.1, 0.15) is 50.2 Å². The van der Waals surface area contributed by atoms with Crippen molar-refractivity contribution >= 4 is 235 Å². The molecule has 11 nitrogen and oxygen atoms in total. The second kappa shape index (κ2) is 22.9. The molecule has 12 heterocycles. The van der Waals surface area contributed by atoms with Crippen LogP contribution >= 0.6 is 0 Å². The van der Waals surface area contributed by atoms with Crippen LogP contribution in [-0.4, -0.2) is 38.1 Å². The van der Waals surface area contributed by atoms with Crippen LogP contribution in [0.15, 0.2) is 353 Å². The molecule has 29 rings (SSSR count). The summed E-state index contributed by atoms with van der Waals surface area (Å²) in [6.07, 6.45) is 0. The Morgan fingerprint density at radius 3 is 1.11 bits per heavy atom. The van der Waals surface area contributed by atoms with Crippen molar-refractivity contribution in [3.8, 4) is 33.4 Å². The molecule has 0 aliphatic carbocycles. The van der Waals surface area contributed by atoms with Crippen LogP contribution in [0.5, 0.6) is 0 Å². The van der Waals surface area contributed by atoms with Gasteiger partial charge in [-0.25, -0.2) is 24.9 Å². The quantitative estimate of drug-likeness (QED) is 0.172. The van der Waals surface area contributed by atoms with E-state index < -0.39 is 0 Å². The number of rotatable bonds is 3. The van der Waals surface area contributed by atoms with Gasteiger partial charge in [0, 0.05) is 91.6 Å². The molecule has 12 aromatic heterocycles. The molecule has 29 aromatic rings. The van der Waals surface area contributed by atoms with Crippen molar-refractivity contribution in [1.82, 2.24) is 38.1 Å². The third-order valence-corrected chi connectivity index (χ3v) is 24.7.